The van der Waals surface area contributed by atoms with E-state index in [-0.39, 0.29) is 5.75 Å². The van der Waals surface area contributed by atoms with Crippen LogP contribution >= 0.6 is 0 Å². The van der Waals surface area contributed by atoms with Gasteiger partial charge in [-0.05, 0) is 13.8 Å². The molecule has 2 heterocycles. The van der Waals surface area contributed by atoms with Crippen molar-refractivity contribution in [1.82, 2.24) is 20.3 Å². The van der Waals surface area contributed by atoms with Gasteiger partial charge < -0.3 is 8.94 Å². The Morgan fingerprint density at radius 1 is 1.17 bits per heavy atom. The first-order chi connectivity index (χ1) is 11.6. The molecule has 1 aromatic carbocycles. The average molecular weight is 346 g/mol. The van der Waals surface area contributed by atoms with Crippen LogP contribution in [0.25, 0.3) is 11.4 Å². The summed E-state index contributed by atoms with van der Waals surface area (Å²) in [5.41, 5.74) is 2.02. The standard InChI is InChI=1S/C16H18N4O3S/c1-4-13-18-19-16(22-13)11(3)24(21)9-14-17-15(20-23-14)12-7-5-10(2)6-8-12/h5-8,11H,4,9H2,1-3H3/t11-,24+/m1/s1. The van der Waals surface area contributed by atoms with Gasteiger partial charge in [-0.3, -0.25) is 4.21 Å². The minimum Gasteiger partial charge on any atom is -0.424 e. The largest absolute Gasteiger partial charge is 0.424 e. The molecule has 0 N–H and O–H groups in total. The van der Waals surface area contributed by atoms with E-state index in [1.807, 2.05) is 38.1 Å². The van der Waals surface area contributed by atoms with Gasteiger partial charge in [0, 0.05) is 22.8 Å². The molecule has 7 nitrogen and oxygen atoms in total. The maximum absolute atomic E-state index is 12.5. The lowest BCUT2D eigenvalue weighted by Gasteiger charge is -2.04. The van der Waals surface area contributed by atoms with E-state index < -0.39 is 16.0 Å². The van der Waals surface area contributed by atoms with Crippen LogP contribution in [-0.2, 0) is 23.0 Å². The highest BCUT2D eigenvalue weighted by atomic mass is 32.2. The molecule has 0 aliphatic carbocycles. The number of aromatic nitrogens is 4. The molecule has 0 aliphatic heterocycles. The van der Waals surface area contributed by atoms with Crippen molar-refractivity contribution in [2.75, 3.05) is 0 Å². The fourth-order valence-corrected chi connectivity index (χ4v) is 3.00. The highest BCUT2D eigenvalue weighted by Gasteiger charge is 2.22. The van der Waals surface area contributed by atoms with Gasteiger partial charge in [0.1, 0.15) is 11.0 Å². The Morgan fingerprint density at radius 2 is 1.92 bits per heavy atom. The zero-order valence-electron chi connectivity index (χ0n) is 13.7. The smallest absolute Gasteiger partial charge is 0.239 e. The van der Waals surface area contributed by atoms with Gasteiger partial charge in [-0.2, -0.15) is 4.98 Å². The predicted molar refractivity (Wildman–Crippen MR) is 88.4 cm³/mol. The maximum atomic E-state index is 12.5. The molecule has 0 amide bonds. The number of rotatable bonds is 6. The molecule has 2 atom stereocenters. The highest BCUT2D eigenvalue weighted by Crippen LogP contribution is 2.22. The van der Waals surface area contributed by atoms with Crippen molar-refractivity contribution < 1.29 is 13.1 Å². The summed E-state index contributed by atoms with van der Waals surface area (Å²) >= 11 is 0. The summed E-state index contributed by atoms with van der Waals surface area (Å²) in [6, 6.07) is 7.81. The molecule has 3 rings (SSSR count). The molecule has 0 fully saturated rings. The van der Waals surface area contributed by atoms with Crippen LogP contribution in [0.2, 0.25) is 0 Å². The summed E-state index contributed by atoms with van der Waals surface area (Å²) in [5.74, 6) is 1.85. The lowest BCUT2D eigenvalue weighted by molar-refractivity contribution is 0.390. The van der Waals surface area contributed by atoms with E-state index in [0.717, 1.165) is 11.1 Å². The maximum Gasteiger partial charge on any atom is 0.239 e. The average Bonchev–Trinajstić information content (AvgIpc) is 3.24. The van der Waals surface area contributed by atoms with Gasteiger partial charge in [-0.1, -0.05) is 41.9 Å². The first kappa shape index (κ1) is 16.5. The monoisotopic (exact) mass is 346 g/mol. The van der Waals surface area contributed by atoms with Gasteiger partial charge in [0.15, 0.2) is 0 Å². The Bertz CT molecular complexity index is 841. The lowest BCUT2D eigenvalue weighted by atomic mass is 10.1. The minimum absolute atomic E-state index is 0.143. The molecule has 126 valence electrons. The van der Waals surface area contributed by atoms with Crippen LogP contribution < -0.4 is 0 Å². The van der Waals surface area contributed by atoms with Crippen molar-refractivity contribution in [2.45, 2.75) is 38.2 Å². The molecule has 0 saturated heterocycles. The van der Waals surface area contributed by atoms with E-state index in [1.165, 1.54) is 0 Å². The molecular formula is C16H18N4O3S. The van der Waals surface area contributed by atoms with Gasteiger partial charge in [-0.15, -0.1) is 10.2 Å². The molecule has 0 unspecified atom stereocenters. The normalized spacial score (nSPS) is 13.8. The van der Waals surface area contributed by atoms with Crippen LogP contribution in [-0.4, -0.2) is 24.5 Å². The van der Waals surface area contributed by atoms with Crippen LogP contribution in [0.1, 0.15) is 42.3 Å². The lowest BCUT2D eigenvalue weighted by Crippen LogP contribution is -2.06. The molecule has 24 heavy (non-hydrogen) atoms. The van der Waals surface area contributed by atoms with E-state index in [0.29, 0.717) is 29.9 Å². The van der Waals surface area contributed by atoms with Crippen molar-refractivity contribution in [3.63, 3.8) is 0 Å². The summed E-state index contributed by atoms with van der Waals surface area (Å²) < 4.78 is 23.1. The molecule has 0 aliphatic rings. The predicted octanol–water partition coefficient (Wildman–Crippen LogP) is 3.00. The van der Waals surface area contributed by atoms with Crippen molar-refractivity contribution in [3.8, 4) is 11.4 Å². The van der Waals surface area contributed by atoms with Crippen LogP contribution in [0, 0.1) is 6.92 Å². The van der Waals surface area contributed by atoms with Crippen LogP contribution in [0.4, 0.5) is 0 Å². The molecule has 0 radical (unpaired) electrons. The van der Waals surface area contributed by atoms with Crippen molar-refractivity contribution in [2.24, 2.45) is 0 Å². The number of nitrogens with zero attached hydrogens (tertiary/aromatic N) is 4. The topological polar surface area (TPSA) is 94.9 Å². The van der Waals surface area contributed by atoms with E-state index in [1.54, 1.807) is 6.92 Å². The Morgan fingerprint density at radius 3 is 2.58 bits per heavy atom. The van der Waals surface area contributed by atoms with Gasteiger partial charge in [-0.25, -0.2) is 0 Å². The number of aryl methyl sites for hydroxylation is 2. The number of hydrogen-bond acceptors (Lipinski definition) is 7. The number of hydrogen-bond donors (Lipinski definition) is 0. The zero-order chi connectivity index (χ0) is 17.1. The third-order valence-corrected chi connectivity index (χ3v) is 5.09. The van der Waals surface area contributed by atoms with Gasteiger partial charge in [0.05, 0.1) is 0 Å². The molecule has 2 aromatic heterocycles. The van der Waals surface area contributed by atoms with Crippen molar-refractivity contribution in [3.05, 3.63) is 47.5 Å². The first-order valence-electron chi connectivity index (χ1n) is 7.66. The molecule has 0 bridgehead atoms. The van der Waals surface area contributed by atoms with E-state index in [4.69, 9.17) is 8.94 Å². The van der Waals surface area contributed by atoms with Crippen LogP contribution in [0.15, 0.2) is 33.2 Å². The van der Waals surface area contributed by atoms with E-state index in [2.05, 4.69) is 20.3 Å². The van der Waals surface area contributed by atoms with Crippen molar-refractivity contribution in [1.29, 1.82) is 0 Å². The third-order valence-electron chi connectivity index (χ3n) is 3.57. The Balaban J connectivity index is 1.69. The molecular weight excluding hydrogens is 328 g/mol. The Kier molecular flexibility index (Phi) is 4.84. The second kappa shape index (κ2) is 7.04. The highest BCUT2D eigenvalue weighted by molar-refractivity contribution is 7.84. The molecule has 3 aromatic rings. The Labute approximate surface area is 141 Å². The van der Waals surface area contributed by atoms with Gasteiger partial charge >= 0.3 is 0 Å². The van der Waals surface area contributed by atoms with Gasteiger partial charge in [0.2, 0.25) is 23.5 Å². The summed E-state index contributed by atoms with van der Waals surface area (Å²) in [6.45, 7) is 5.71. The Hall–Kier alpha value is -2.35. The summed E-state index contributed by atoms with van der Waals surface area (Å²) in [4.78, 5) is 4.31. The zero-order valence-corrected chi connectivity index (χ0v) is 14.5. The molecule has 8 heteroatoms. The minimum atomic E-state index is -1.29. The fourth-order valence-electron chi connectivity index (χ4n) is 2.07. The fraction of sp³-hybridized carbons (Fsp3) is 0.375. The second-order valence-electron chi connectivity index (χ2n) is 5.43. The number of benzene rings is 1. The van der Waals surface area contributed by atoms with Crippen LogP contribution in [0.5, 0.6) is 0 Å². The van der Waals surface area contributed by atoms with Gasteiger partial charge in [0.25, 0.3) is 0 Å². The quantitative estimate of drug-likeness (QED) is 0.677. The second-order valence-corrected chi connectivity index (χ2v) is 7.19. The third kappa shape index (κ3) is 3.59. The summed E-state index contributed by atoms with van der Waals surface area (Å²) in [7, 11) is -1.29. The molecule has 0 spiro atoms. The van der Waals surface area contributed by atoms with Crippen molar-refractivity contribution >= 4 is 10.8 Å². The SMILES string of the molecule is CCc1nnc([C@@H](C)[S@@](=O)Cc2nc(-c3ccc(C)cc3)no2)o1. The summed E-state index contributed by atoms with van der Waals surface area (Å²) in [6.07, 6.45) is 0.649. The van der Waals surface area contributed by atoms with E-state index in [9.17, 15) is 4.21 Å². The molecule has 0 saturated carbocycles. The first-order valence-corrected chi connectivity index (χ1v) is 9.04. The van der Waals surface area contributed by atoms with Crippen LogP contribution in [0.3, 0.4) is 0 Å². The summed E-state index contributed by atoms with van der Waals surface area (Å²) in [5, 5.41) is 11.4. The van der Waals surface area contributed by atoms with E-state index >= 15 is 0 Å².